The standard InChI is InChI=1S/C15H25NO3/c1-2-3-8-17-14-10-18-15(19-11-14)13-6-4-12(9-16)5-7-13/h12-15H,2-8,10-11H2,1H3/t12-,13-,14-,15-. The first kappa shape index (κ1) is 14.8. The van der Waals surface area contributed by atoms with Gasteiger partial charge in [-0.2, -0.15) is 5.26 Å². The lowest BCUT2D eigenvalue weighted by atomic mass is 9.82. The molecule has 1 heterocycles. The van der Waals surface area contributed by atoms with Gasteiger partial charge in [-0.3, -0.25) is 0 Å². The van der Waals surface area contributed by atoms with Crippen LogP contribution in [0.3, 0.4) is 0 Å². The predicted octanol–water partition coefficient (Wildman–Crippen LogP) is 2.87. The highest BCUT2D eigenvalue weighted by Gasteiger charge is 2.32. The molecule has 0 N–H and O–H groups in total. The lowest BCUT2D eigenvalue weighted by Crippen LogP contribution is -2.42. The number of hydrogen-bond acceptors (Lipinski definition) is 4. The van der Waals surface area contributed by atoms with Crippen molar-refractivity contribution in [2.75, 3.05) is 19.8 Å². The Hall–Kier alpha value is -0.630. The lowest BCUT2D eigenvalue weighted by Gasteiger charge is -2.36. The van der Waals surface area contributed by atoms with Gasteiger partial charge in [-0.25, -0.2) is 0 Å². The number of nitriles is 1. The smallest absolute Gasteiger partial charge is 0.160 e. The molecule has 0 aromatic heterocycles. The Morgan fingerprint density at radius 1 is 1.16 bits per heavy atom. The fourth-order valence-corrected chi connectivity index (χ4v) is 2.78. The summed E-state index contributed by atoms with van der Waals surface area (Å²) in [6, 6.07) is 2.36. The highest BCUT2D eigenvalue weighted by molar-refractivity contribution is 4.88. The molecule has 0 unspecified atom stereocenters. The molecule has 2 rings (SSSR count). The van der Waals surface area contributed by atoms with Gasteiger partial charge in [0.1, 0.15) is 6.10 Å². The molecule has 0 aromatic carbocycles. The molecule has 0 amide bonds. The summed E-state index contributed by atoms with van der Waals surface area (Å²) in [6.45, 7) is 4.25. The van der Waals surface area contributed by atoms with E-state index in [9.17, 15) is 0 Å². The van der Waals surface area contributed by atoms with Crippen LogP contribution in [0.5, 0.6) is 0 Å². The molecule has 1 aliphatic heterocycles. The van der Waals surface area contributed by atoms with Crippen LogP contribution in [-0.2, 0) is 14.2 Å². The first-order valence-electron chi connectivity index (χ1n) is 7.58. The molecule has 2 fully saturated rings. The molecule has 0 radical (unpaired) electrons. The van der Waals surface area contributed by atoms with Crippen molar-refractivity contribution in [3.05, 3.63) is 0 Å². The van der Waals surface area contributed by atoms with Crippen LogP contribution in [0.25, 0.3) is 0 Å². The molecule has 4 heteroatoms. The monoisotopic (exact) mass is 267 g/mol. The van der Waals surface area contributed by atoms with Crippen molar-refractivity contribution in [3.63, 3.8) is 0 Å². The van der Waals surface area contributed by atoms with Gasteiger partial charge in [0, 0.05) is 18.4 Å². The van der Waals surface area contributed by atoms with E-state index in [0.29, 0.717) is 19.1 Å². The fraction of sp³-hybridized carbons (Fsp3) is 0.933. The van der Waals surface area contributed by atoms with Crippen molar-refractivity contribution in [1.29, 1.82) is 5.26 Å². The zero-order valence-corrected chi connectivity index (χ0v) is 11.8. The van der Waals surface area contributed by atoms with E-state index in [-0.39, 0.29) is 18.3 Å². The SMILES string of the molecule is CCCCO[C@H]1CO[C@H]([C@H]2CC[C@H](C#N)CC2)OC1. The zero-order chi connectivity index (χ0) is 13.5. The summed E-state index contributed by atoms with van der Waals surface area (Å²) in [5, 5.41) is 8.90. The second kappa shape index (κ2) is 7.84. The van der Waals surface area contributed by atoms with E-state index in [0.717, 1.165) is 45.1 Å². The Labute approximate surface area is 116 Å². The molecule has 2 aliphatic rings. The van der Waals surface area contributed by atoms with Crippen LogP contribution < -0.4 is 0 Å². The number of rotatable bonds is 5. The van der Waals surface area contributed by atoms with Gasteiger partial charge in [0.15, 0.2) is 6.29 Å². The third-order valence-corrected chi connectivity index (χ3v) is 4.08. The van der Waals surface area contributed by atoms with Gasteiger partial charge in [0.05, 0.1) is 19.3 Å². The Kier molecular flexibility index (Phi) is 6.09. The van der Waals surface area contributed by atoms with E-state index in [1.807, 2.05) is 0 Å². The summed E-state index contributed by atoms with van der Waals surface area (Å²) in [7, 11) is 0. The number of ether oxygens (including phenoxy) is 3. The van der Waals surface area contributed by atoms with Crippen LogP contribution in [0.1, 0.15) is 45.4 Å². The predicted molar refractivity (Wildman–Crippen MR) is 71.4 cm³/mol. The topological polar surface area (TPSA) is 51.5 Å². The first-order valence-corrected chi connectivity index (χ1v) is 7.58. The summed E-state index contributed by atoms with van der Waals surface area (Å²) < 4.78 is 17.3. The van der Waals surface area contributed by atoms with Crippen molar-refractivity contribution in [2.45, 2.75) is 57.8 Å². The van der Waals surface area contributed by atoms with E-state index in [4.69, 9.17) is 19.5 Å². The second-order valence-electron chi connectivity index (χ2n) is 5.62. The van der Waals surface area contributed by atoms with Crippen molar-refractivity contribution < 1.29 is 14.2 Å². The maximum Gasteiger partial charge on any atom is 0.160 e. The van der Waals surface area contributed by atoms with Crippen molar-refractivity contribution >= 4 is 0 Å². The molecule has 4 nitrogen and oxygen atoms in total. The van der Waals surface area contributed by atoms with Crippen LogP contribution in [0, 0.1) is 23.2 Å². The highest BCUT2D eigenvalue weighted by atomic mass is 16.7. The molecule has 0 bridgehead atoms. The Bertz CT molecular complexity index is 286. The molecule has 1 saturated carbocycles. The van der Waals surface area contributed by atoms with Crippen LogP contribution in [-0.4, -0.2) is 32.2 Å². The van der Waals surface area contributed by atoms with E-state index < -0.39 is 0 Å². The average Bonchev–Trinajstić information content (AvgIpc) is 2.48. The Morgan fingerprint density at radius 3 is 2.42 bits per heavy atom. The molecule has 0 atom stereocenters. The molecule has 19 heavy (non-hydrogen) atoms. The van der Waals surface area contributed by atoms with Crippen molar-refractivity contribution in [3.8, 4) is 6.07 Å². The maximum absolute atomic E-state index is 8.90. The van der Waals surface area contributed by atoms with Crippen molar-refractivity contribution in [1.82, 2.24) is 0 Å². The van der Waals surface area contributed by atoms with Crippen LogP contribution in [0.15, 0.2) is 0 Å². The number of unbranched alkanes of at least 4 members (excludes halogenated alkanes) is 1. The van der Waals surface area contributed by atoms with E-state index in [1.165, 1.54) is 0 Å². The summed E-state index contributed by atoms with van der Waals surface area (Å²) in [5.74, 6) is 0.700. The fourth-order valence-electron chi connectivity index (χ4n) is 2.78. The normalized spacial score (nSPS) is 35.8. The van der Waals surface area contributed by atoms with Gasteiger partial charge in [-0.05, 0) is 32.1 Å². The maximum atomic E-state index is 8.90. The molecular weight excluding hydrogens is 242 g/mol. The summed E-state index contributed by atoms with van der Waals surface area (Å²) >= 11 is 0. The highest BCUT2D eigenvalue weighted by Crippen LogP contribution is 2.33. The first-order chi connectivity index (χ1) is 9.33. The largest absolute Gasteiger partial charge is 0.373 e. The minimum Gasteiger partial charge on any atom is -0.373 e. The van der Waals surface area contributed by atoms with Crippen LogP contribution >= 0.6 is 0 Å². The Morgan fingerprint density at radius 2 is 1.84 bits per heavy atom. The molecule has 1 aliphatic carbocycles. The van der Waals surface area contributed by atoms with Gasteiger partial charge in [0.2, 0.25) is 0 Å². The van der Waals surface area contributed by atoms with Crippen LogP contribution in [0.2, 0.25) is 0 Å². The Balaban J connectivity index is 1.65. The van der Waals surface area contributed by atoms with E-state index in [2.05, 4.69) is 13.0 Å². The molecule has 1 saturated heterocycles. The molecular formula is C15H25NO3. The quantitative estimate of drug-likeness (QED) is 0.719. The minimum atomic E-state index is -0.0781. The van der Waals surface area contributed by atoms with Crippen LogP contribution in [0.4, 0.5) is 0 Å². The summed E-state index contributed by atoms with van der Waals surface area (Å²) in [5.41, 5.74) is 0. The van der Waals surface area contributed by atoms with Gasteiger partial charge in [-0.1, -0.05) is 13.3 Å². The van der Waals surface area contributed by atoms with E-state index in [1.54, 1.807) is 0 Å². The average molecular weight is 267 g/mol. The third kappa shape index (κ3) is 4.45. The summed E-state index contributed by atoms with van der Waals surface area (Å²) in [4.78, 5) is 0. The van der Waals surface area contributed by atoms with Crippen molar-refractivity contribution in [2.24, 2.45) is 11.8 Å². The summed E-state index contributed by atoms with van der Waals surface area (Å²) in [6.07, 6.45) is 6.33. The number of hydrogen-bond donors (Lipinski definition) is 0. The second-order valence-corrected chi connectivity index (χ2v) is 5.62. The molecule has 108 valence electrons. The van der Waals surface area contributed by atoms with E-state index >= 15 is 0 Å². The zero-order valence-electron chi connectivity index (χ0n) is 11.8. The van der Waals surface area contributed by atoms with Gasteiger partial charge < -0.3 is 14.2 Å². The van der Waals surface area contributed by atoms with Gasteiger partial charge >= 0.3 is 0 Å². The molecule has 0 spiro atoms. The molecule has 0 aromatic rings. The lowest BCUT2D eigenvalue weighted by molar-refractivity contribution is -0.249. The van der Waals surface area contributed by atoms with Gasteiger partial charge in [-0.15, -0.1) is 0 Å². The van der Waals surface area contributed by atoms with Gasteiger partial charge in [0.25, 0.3) is 0 Å². The minimum absolute atomic E-state index is 0.0781. The third-order valence-electron chi connectivity index (χ3n) is 4.08. The number of nitrogens with zero attached hydrogens (tertiary/aromatic N) is 1.